The van der Waals surface area contributed by atoms with Crippen LogP contribution in [0.4, 0.5) is 0 Å². The van der Waals surface area contributed by atoms with Gasteiger partial charge in [0.1, 0.15) is 0 Å². The molecule has 0 radical (unpaired) electrons. The standard InChI is InChI=1S/C9H20N2O3S/c1-10-5-7-15(12,13)11-6-3-4-9(8-11)14-2/h9-10H,3-8H2,1-2H3. The van der Waals surface area contributed by atoms with E-state index in [2.05, 4.69) is 5.32 Å². The number of rotatable bonds is 5. The summed E-state index contributed by atoms with van der Waals surface area (Å²) in [5.74, 6) is 0.167. The number of nitrogens with one attached hydrogen (secondary N) is 1. The van der Waals surface area contributed by atoms with Gasteiger partial charge in [0.25, 0.3) is 0 Å². The molecule has 1 aliphatic rings. The summed E-state index contributed by atoms with van der Waals surface area (Å²) in [5.41, 5.74) is 0. The van der Waals surface area contributed by atoms with Crippen LogP contribution in [0.25, 0.3) is 0 Å². The topological polar surface area (TPSA) is 58.6 Å². The van der Waals surface area contributed by atoms with Crippen molar-refractivity contribution in [1.29, 1.82) is 0 Å². The average Bonchev–Trinajstić information content (AvgIpc) is 2.26. The smallest absolute Gasteiger partial charge is 0.215 e. The molecule has 1 fully saturated rings. The first-order valence-electron chi connectivity index (χ1n) is 5.25. The summed E-state index contributed by atoms with van der Waals surface area (Å²) in [6.07, 6.45) is 1.90. The Labute approximate surface area is 91.8 Å². The third-order valence-corrected chi connectivity index (χ3v) is 4.52. The van der Waals surface area contributed by atoms with Gasteiger partial charge in [0.15, 0.2) is 0 Å². The van der Waals surface area contributed by atoms with Crippen LogP contribution in [0.2, 0.25) is 0 Å². The normalized spacial score (nSPS) is 24.3. The Morgan fingerprint density at radius 3 is 2.87 bits per heavy atom. The van der Waals surface area contributed by atoms with E-state index < -0.39 is 10.0 Å². The zero-order chi connectivity index (χ0) is 11.3. The van der Waals surface area contributed by atoms with Crippen LogP contribution >= 0.6 is 0 Å². The Balaban J connectivity index is 2.54. The fourth-order valence-corrected chi connectivity index (χ4v) is 3.23. The Morgan fingerprint density at radius 2 is 2.27 bits per heavy atom. The monoisotopic (exact) mass is 236 g/mol. The van der Waals surface area contributed by atoms with Crippen LogP contribution in [-0.2, 0) is 14.8 Å². The lowest BCUT2D eigenvalue weighted by Gasteiger charge is -2.31. The van der Waals surface area contributed by atoms with Crippen molar-refractivity contribution >= 4 is 10.0 Å². The zero-order valence-corrected chi connectivity index (χ0v) is 10.2. The second kappa shape index (κ2) is 5.79. The van der Waals surface area contributed by atoms with Gasteiger partial charge in [-0.1, -0.05) is 0 Å². The molecule has 6 heteroatoms. The number of methoxy groups -OCH3 is 1. The summed E-state index contributed by atoms with van der Waals surface area (Å²) >= 11 is 0. The van der Waals surface area contributed by atoms with Gasteiger partial charge in [-0.05, 0) is 19.9 Å². The van der Waals surface area contributed by atoms with Gasteiger partial charge in [-0.3, -0.25) is 0 Å². The fraction of sp³-hybridized carbons (Fsp3) is 1.00. The molecule has 0 bridgehead atoms. The number of hydrogen-bond acceptors (Lipinski definition) is 4. The Bertz CT molecular complexity index is 279. The molecule has 0 saturated carbocycles. The highest BCUT2D eigenvalue weighted by Gasteiger charge is 2.28. The van der Waals surface area contributed by atoms with Crippen LogP contribution in [0.15, 0.2) is 0 Å². The van der Waals surface area contributed by atoms with E-state index in [0.29, 0.717) is 19.6 Å². The van der Waals surface area contributed by atoms with E-state index in [-0.39, 0.29) is 11.9 Å². The largest absolute Gasteiger partial charge is 0.380 e. The maximum Gasteiger partial charge on any atom is 0.215 e. The SMILES string of the molecule is CNCCS(=O)(=O)N1CCCC(OC)C1. The third-order valence-electron chi connectivity index (χ3n) is 2.68. The Hall–Kier alpha value is -0.170. The summed E-state index contributed by atoms with van der Waals surface area (Å²) < 4.78 is 30.4. The molecule has 90 valence electrons. The quantitative estimate of drug-likeness (QED) is 0.708. The molecule has 1 unspecified atom stereocenters. The predicted molar refractivity (Wildman–Crippen MR) is 59.3 cm³/mol. The molecule has 15 heavy (non-hydrogen) atoms. The fourth-order valence-electron chi connectivity index (χ4n) is 1.71. The minimum Gasteiger partial charge on any atom is -0.380 e. The van der Waals surface area contributed by atoms with Gasteiger partial charge in [-0.25, -0.2) is 8.42 Å². The lowest BCUT2D eigenvalue weighted by atomic mass is 10.1. The molecule has 0 aromatic rings. The van der Waals surface area contributed by atoms with Gasteiger partial charge in [0.2, 0.25) is 10.0 Å². The molecule has 1 rings (SSSR count). The van der Waals surface area contributed by atoms with Crippen LogP contribution in [0.5, 0.6) is 0 Å². The summed E-state index contributed by atoms with van der Waals surface area (Å²) in [5, 5.41) is 2.85. The van der Waals surface area contributed by atoms with E-state index in [0.717, 1.165) is 12.8 Å². The highest BCUT2D eigenvalue weighted by molar-refractivity contribution is 7.89. The van der Waals surface area contributed by atoms with Gasteiger partial charge < -0.3 is 10.1 Å². The predicted octanol–water partition coefficient (Wildman–Crippen LogP) is -0.354. The van der Waals surface area contributed by atoms with Crippen LogP contribution in [-0.4, -0.2) is 58.4 Å². The molecule has 1 N–H and O–H groups in total. The molecular weight excluding hydrogens is 216 g/mol. The van der Waals surface area contributed by atoms with Crippen LogP contribution in [0.3, 0.4) is 0 Å². The highest BCUT2D eigenvalue weighted by Crippen LogP contribution is 2.15. The number of sulfonamides is 1. The summed E-state index contributed by atoms with van der Waals surface area (Å²) in [6, 6.07) is 0. The van der Waals surface area contributed by atoms with Crippen molar-refractivity contribution in [2.75, 3.05) is 39.5 Å². The third kappa shape index (κ3) is 3.71. The maximum absolute atomic E-state index is 11.8. The number of nitrogens with zero attached hydrogens (tertiary/aromatic N) is 1. The molecule has 0 aromatic carbocycles. The van der Waals surface area contributed by atoms with Crippen molar-refractivity contribution in [3.05, 3.63) is 0 Å². The first-order chi connectivity index (χ1) is 7.10. The van der Waals surface area contributed by atoms with E-state index in [1.165, 1.54) is 0 Å². The van der Waals surface area contributed by atoms with Crippen LogP contribution in [0.1, 0.15) is 12.8 Å². The molecule has 0 aromatic heterocycles. The molecule has 0 aliphatic carbocycles. The van der Waals surface area contributed by atoms with E-state index in [1.54, 1.807) is 18.5 Å². The van der Waals surface area contributed by atoms with Crippen LogP contribution < -0.4 is 5.32 Å². The van der Waals surface area contributed by atoms with Gasteiger partial charge in [0, 0.05) is 26.7 Å². The lowest BCUT2D eigenvalue weighted by molar-refractivity contribution is 0.0572. The van der Waals surface area contributed by atoms with Crippen molar-refractivity contribution in [2.45, 2.75) is 18.9 Å². The highest BCUT2D eigenvalue weighted by atomic mass is 32.2. The van der Waals surface area contributed by atoms with E-state index >= 15 is 0 Å². The zero-order valence-electron chi connectivity index (χ0n) is 9.40. The average molecular weight is 236 g/mol. The minimum absolute atomic E-state index is 0.0584. The van der Waals surface area contributed by atoms with Gasteiger partial charge in [0.05, 0.1) is 11.9 Å². The number of hydrogen-bond donors (Lipinski definition) is 1. The molecule has 1 aliphatic heterocycles. The minimum atomic E-state index is -3.10. The molecule has 0 spiro atoms. The van der Waals surface area contributed by atoms with Crippen molar-refractivity contribution in [1.82, 2.24) is 9.62 Å². The maximum atomic E-state index is 11.8. The van der Waals surface area contributed by atoms with Gasteiger partial charge in [-0.15, -0.1) is 0 Å². The molecule has 1 saturated heterocycles. The Kier molecular flexibility index (Phi) is 4.98. The summed E-state index contributed by atoms with van der Waals surface area (Å²) in [4.78, 5) is 0. The summed E-state index contributed by atoms with van der Waals surface area (Å²) in [7, 11) is 0.289. The van der Waals surface area contributed by atoms with E-state index in [4.69, 9.17) is 4.74 Å². The number of ether oxygens (including phenoxy) is 1. The lowest BCUT2D eigenvalue weighted by Crippen LogP contribution is -2.44. The first kappa shape index (κ1) is 12.9. The van der Waals surface area contributed by atoms with Crippen molar-refractivity contribution in [3.8, 4) is 0 Å². The molecule has 1 heterocycles. The second-order valence-electron chi connectivity index (χ2n) is 3.78. The van der Waals surface area contributed by atoms with E-state index in [1.807, 2.05) is 0 Å². The van der Waals surface area contributed by atoms with Gasteiger partial charge in [-0.2, -0.15) is 4.31 Å². The first-order valence-corrected chi connectivity index (χ1v) is 6.86. The van der Waals surface area contributed by atoms with E-state index in [9.17, 15) is 8.42 Å². The van der Waals surface area contributed by atoms with Crippen LogP contribution in [0, 0.1) is 0 Å². The molecular formula is C9H20N2O3S. The van der Waals surface area contributed by atoms with Crippen molar-refractivity contribution in [2.24, 2.45) is 0 Å². The summed E-state index contributed by atoms with van der Waals surface area (Å²) in [6.45, 7) is 1.63. The second-order valence-corrected chi connectivity index (χ2v) is 5.87. The molecule has 5 nitrogen and oxygen atoms in total. The van der Waals surface area contributed by atoms with Gasteiger partial charge >= 0.3 is 0 Å². The van der Waals surface area contributed by atoms with Crippen molar-refractivity contribution in [3.63, 3.8) is 0 Å². The Morgan fingerprint density at radius 1 is 1.53 bits per heavy atom. The number of piperidine rings is 1. The molecule has 0 amide bonds. The molecule has 1 atom stereocenters. The van der Waals surface area contributed by atoms with Crippen molar-refractivity contribution < 1.29 is 13.2 Å².